The van der Waals surface area contributed by atoms with Crippen LogP contribution in [-0.2, 0) is 9.59 Å². The molecule has 4 nitrogen and oxygen atoms in total. The molecule has 1 rings (SSSR count). The van der Waals surface area contributed by atoms with Gasteiger partial charge in [-0.1, -0.05) is 12.2 Å². The van der Waals surface area contributed by atoms with Gasteiger partial charge in [0.15, 0.2) is 0 Å². The molecule has 0 aromatic carbocycles. The number of imide groups is 1. The minimum atomic E-state index is -0.449. The van der Waals surface area contributed by atoms with Gasteiger partial charge >= 0.3 is 0 Å². The average molecular weight is 200 g/mol. The van der Waals surface area contributed by atoms with Gasteiger partial charge in [-0.15, -0.1) is 0 Å². The van der Waals surface area contributed by atoms with Crippen molar-refractivity contribution in [3.05, 3.63) is 0 Å². The van der Waals surface area contributed by atoms with Gasteiger partial charge in [-0.05, 0) is 13.3 Å². The van der Waals surface area contributed by atoms with Gasteiger partial charge in [-0.2, -0.15) is 0 Å². The Bertz CT molecular complexity index is 249. The zero-order valence-electron chi connectivity index (χ0n) is 7.45. The number of hydrogen-bond donors (Lipinski definition) is 1. The van der Waals surface area contributed by atoms with Crippen LogP contribution in [0.1, 0.15) is 26.2 Å². The summed E-state index contributed by atoms with van der Waals surface area (Å²) in [5.41, 5.74) is 5.38. The van der Waals surface area contributed by atoms with E-state index < -0.39 is 6.04 Å². The third kappa shape index (κ3) is 2.03. The van der Waals surface area contributed by atoms with E-state index in [1.54, 1.807) is 6.92 Å². The van der Waals surface area contributed by atoms with Crippen LogP contribution < -0.4 is 5.73 Å². The molecule has 0 aromatic rings. The van der Waals surface area contributed by atoms with Crippen LogP contribution in [0.25, 0.3) is 0 Å². The molecule has 0 aromatic heterocycles. The van der Waals surface area contributed by atoms with Crippen LogP contribution in [-0.4, -0.2) is 27.7 Å². The highest BCUT2D eigenvalue weighted by molar-refractivity contribution is 7.80. The predicted octanol–water partition coefficient (Wildman–Crippen LogP) is 0.200. The lowest BCUT2D eigenvalue weighted by molar-refractivity contribution is -0.148. The molecule has 1 heterocycles. The second-order valence-electron chi connectivity index (χ2n) is 3.09. The van der Waals surface area contributed by atoms with Crippen molar-refractivity contribution in [3.63, 3.8) is 0 Å². The molecule has 1 saturated heterocycles. The van der Waals surface area contributed by atoms with Crippen molar-refractivity contribution in [3.8, 4) is 0 Å². The molecule has 72 valence electrons. The highest BCUT2D eigenvalue weighted by atomic mass is 32.1. The third-order valence-corrected chi connectivity index (χ3v) is 2.46. The van der Waals surface area contributed by atoms with Crippen molar-refractivity contribution in [2.45, 2.75) is 32.2 Å². The number of amides is 2. The Labute approximate surface area is 82.1 Å². The van der Waals surface area contributed by atoms with Crippen LogP contribution in [0.15, 0.2) is 0 Å². The van der Waals surface area contributed by atoms with Crippen molar-refractivity contribution < 1.29 is 9.59 Å². The first kappa shape index (κ1) is 10.1. The lowest BCUT2D eigenvalue weighted by atomic mass is 10.1. The van der Waals surface area contributed by atoms with Gasteiger partial charge in [0, 0.05) is 12.8 Å². The van der Waals surface area contributed by atoms with Crippen LogP contribution >= 0.6 is 12.2 Å². The second-order valence-corrected chi connectivity index (χ2v) is 3.56. The molecule has 1 aliphatic rings. The normalized spacial score (nSPS) is 20.2. The molecule has 1 fully saturated rings. The first-order chi connectivity index (χ1) is 6.04. The van der Waals surface area contributed by atoms with Gasteiger partial charge in [0.25, 0.3) is 0 Å². The predicted molar refractivity (Wildman–Crippen MR) is 52.0 cm³/mol. The zero-order valence-corrected chi connectivity index (χ0v) is 8.26. The lowest BCUT2D eigenvalue weighted by Gasteiger charge is -2.29. The van der Waals surface area contributed by atoms with Gasteiger partial charge in [0.05, 0.1) is 11.0 Å². The van der Waals surface area contributed by atoms with Gasteiger partial charge in [0.1, 0.15) is 0 Å². The smallest absolute Gasteiger partial charge is 0.229 e. The van der Waals surface area contributed by atoms with Crippen LogP contribution in [0.2, 0.25) is 0 Å². The number of carbonyl (C=O) groups excluding carboxylic acids is 2. The van der Waals surface area contributed by atoms with Crippen LogP contribution in [0.3, 0.4) is 0 Å². The lowest BCUT2D eigenvalue weighted by Crippen LogP contribution is -2.50. The minimum Gasteiger partial charge on any atom is -0.392 e. The van der Waals surface area contributed by atoms with Gasteiger partial charge in [-0.3, -0.25) is 14.5 Å². The average Bonchev–Trinajstić information content (AvgIpc) is 2.03. The number of hydrogen-bond acceptors (Lipinski definition) is 3. The number of piperidine rings is 1. The third-order valence-electron chi connectivity index (χ3n) is 2.12. The van der Waals surface area contributed by atoms with Crippen molar-refractivity contribution in [1.29, 1.82) is 0 Å². The van der Waals surface area contributed by atoms with Crippen molar-refractivity contribution in [2.24, 2.45) is 5.73 Å². The first-order valence-corrected chi connectivity index (χ1v) is 4.59. The molecule has 2 amide bonds. The topological polar surface area (TPSA) is 63.4 Å². The Morgan fingerprint density at radius 1 is 1.46 bits per heavy atom. The summed E-state index contributed by atoms with van der Waals surface area (Å²) in [4.78, 5) is 24.0. The van der Waals surface area contributed by atoms with E-state index in [2.05, 4.69) is 0 Å². The van der Waals surface area contributed by atoms with Crippen molar-refractivity contribution in [1.82, 2.24) is 4.90 Å². The molecule has 1 atom stereocenters. The second kappa shape index (κ2) is 3.83. The molecule has 13 heavy (non-hydrogen) atoms. The highest BCUT2D eigenvalue weighted by Gasteiger charge is 2.31. The summed E-state index contributed by atoms with van der Waals surface area (Å²) in [6.45, 7) is 1.67. The standard InChI is InChI=1S/C8H12N2O2S/c1-5(8(9)13)10-6(11)3-2-4-7(10)12/h5H,2-4H2,1H3,(H2,9,13). The van der Waals surface area contributed by atoms with E-state index in [-0.39, 0.29) is 16.8 Å². The van der Waals surface area contributed by atoms with E-state index in [1.165, 1.54) is 4.90 Å². The monoisotopic (exact) mass is 200 g/mol. The van der Waals surface area contributed by atoms with E-state index in [1.807, 2.05) is 0 Å². The molecular weight excluding hydrogens is 188 g/mol. The van der Waals surface area contributed by atoms with Crippen LogP contribution in [0.4, 0.5) is 0 Å². The molecule has 5 heteroatoms. The van der Waals surface area contributed by atoms with Gasteiger partial charge in [-0.25, -0.2) is 0 Å². The molecule has 0 radical (unpaired) electrons. The van der Waals surface area contributed by atoms with Crippen molar-refractivity contribution in [2.75, 3.05) is 0 Å². The highest BCUT2D eigenvalue weighted by Crippen LogP contribution is 2.15. The molecule has 2 N–H and O–H groups in total. The Kier molecular flexibility index (Phi) is 2.98. The fraction of sp³-hybridized carbons (Fsp3) is 0.625. The molecular formula is C8H12N2O2S. The minimum absolute atomic E-state index is 0.170. The Hall–Kier alpha value is -0.970. The molecule has 0 saturated carbocycles. The van der Waals surface area contributed by atoms with Gasteiger partial charge in [0.2, 0.25) is 11.8 Å². The van der Waals surface area contributed by atoms with E-state index in [9.17, 15) is 9.59 Å². The SMILES string of the molecule is CC(C(N)=S)N1C(=O)CCCC1=O. The van der Waals surface area contributed by atoms with Crippen LogP contribution in [0, 0.1) is 0 Å². The van der Waals surface area contributed by atoms with E-state index >= 15 is 0 Å². The number of nitrogens with two attached hydrogens (primary N) is 1. The first-order valence-electron chi connectivity index (χ1n) is 4.18. The fourth-order valence-electron chi connectivity index (χ4n) is 1.33. The number of carbonyl (C=O) groups is 2. The maximum atomic E-state index is 11.3. The number of nitrogens with zero attached hydrogens (tertiary/aromatic N) is 1. The Morgan fingerprint density at radius 3 is 2.31 bits per heavy atom. The Morgan fingerprint density at radius 2 is 1.92 bits per heavy atom. The number of thiocarbonyl (C=S) groups is 1. The summed E-state index contributed by atoms with van der Waals surface area (Å²) in [5, 5.41) is 0. The van der Waals surface area contributed by atoms with E-state index in [0.717, 1.165) is 0 Å². The summed E-state index contributed by atoms with van der Waals surface area (Å²) >= 11 is 4.74. The summed E-state index contributed by atoms with van der Waals surface area (Å²) in [6.07, 6.45) is 1.47. The Balaban J connectivity index is 2.80. The molecule has 1 unspecified atom stereocenters. The molecule has 0 bridgehead atoms. The summed E-state index contributed by atoms with van der Waals surface area (Å²) in [6, 6.07) is -0.449. The summed E-state index contributed by atoms with van der Waals surface area (Å²) < 4.78 is 0. The summed E-state index contributed by atoms with van der Waals surface area (Å²) in [7, 11) is 0. The molecule has 0 spiro atoms. The van der Waals surface area contributed by atoms with Crippen molar-refractivity contribution >= 4 is 29.0 Å². The zero-order chi connectivity index (χ0) is 10.0. The fourth-order valence-corrected chi connectivity index (χ4v) is 1.44. The maximum Gasteiger partial charge on any atom is 0.229 e. The molecule has 0 aliphatic carbocycles. The quantitative estimate of drug-likeness (QED) is 0.511. The van der Waals surface area contributed by atoms with Crippen LogP contribution in [0.5, 0.6) is 0 Å². The number of rotatable bonds is 2. The summed E-state index contributed by atoms with van der Waals surface area (Å²) in [5.74, 6) is -0.340. The maximum absolute atomic E-state index is 11.3. The largest absolute Gasteiger partial charge is 0.392 e. The molecule has 1 aliphatic heterocycles. The van der Waals surface area contributed by atoms with Gasteiger partial charge < -0.3 is 5.73 Å². The van der Waals surface area contributed by atoms with E-state index in [4.69, 9.17) is 18.0 Å². The van der Waals surface area contributed by atoms with E-state index in [0.29, 0.717) is 19.3 Å². The number of likely N-dealkylation sites (tertiary alicyclic amines) is 1.